The van der Waals surface area contributed by atoms with E-state index in [1.54, 1.807) is 0 Å². The molecule has 0 bridgehead atoms. The molecule has 1 heterocycles. The molecule has 4 N–H and O–H groups in total. The fraction of sp³-hybridized carbons (Fsp3) is 0.667. The molecule has 0 aliphatic heterocycles. The molecule has 1 amide bonds. The van der Waals surface area contributed by atoms with E-state index in [0.717, 1.165) is 19.3 Å². The zero-order chi connectivity index (χ0) is 15.0. The molecule has 1 unspecified atom stereocenters. The lowest BCUT2D eigenvalue weighted by Gasteiger charge is -2.15. The highest BCUT2D eigenvalue weighted by atomic mass is 16.6. The fourth-order valence-electron chi connectivity index (χ4n) is 2.00. The van der Waals surface area contributed by atoms with E-state index >= 15 is 0 Å². The topological polar surface area (TPSA) is 131 Å². The Morgan fingerprint density at radius 2 is 2.10 bits per heavy atom. The summed E-state index contributed by atoms with van der Waals surface area (Å²) < 4.78 is 4.35. The molecule has 0 fully saturated rings. The number of hydrogen-bond donors (Lipinski definition) is 3. The van der Waals surface area contributed by atoms with Crippen LogP contribution in [0.15, 0.2) is 4.63 Å². The minimum atomic E-state index is -0.795. The van der Waals surface area contributed by atoms with Crippen LogP contribution in [0.1, 0.15) is 49.5 Å². The van der Waals surface area contributed by atoms with E-state index in [2.05, 4.69) is 20.3 Å². The van der Waals surface area contributed by atoms with Gasteiger partial charge in [-0.25, -0.2) is 4.63 Å². The van der Waals surface area contributed by atoms with Crippen molar-refractivity contribution < 1.29 is 19.3 Å². The number of nitrogens with one attached hydrogen (secondary N) is 1. The molecule has 8 nitrogen and oxygen atoms in total. The fourth-order valence-corrected chi connectivity index (χ4v) is 2.00. The highest BCUT2D eigenvalue weighted by Gasteiger charge is 2.16. The van der Waals surface area contributed by atoms with Crippen LogP contribution < -0.4 is 11.1 Å². The van der Waals surface area contributed by atoms with E-state index in [1.807, 2.05) is 6.92 Å². The van der Waals surface area contributed by atoms with E-state index in [-0.39, 0.29) is 23.9 Å². The number of nitrogens with zero attached hydrogens (tertiary/aromatic N) is 2. The van der Waals surface area contributed by atoms with Crippen molar-refractivity contribution in [1.82, 2.24) is 15.6 Å². The normalized spacial score (nSPS) is 12.1. The summed E-state index contributed by atoms with van der Waals surface area (Å²) >= 11 is 0. The number of hydrogen-bond acceptors (Lipinski definition) is 6. The Morgan fingerprint density at radius 3 is 2.65 bits per heavy atom. The average Bonchev–Trinajstić information content (AvgIpc) is 2.82. The Bertz CT molecular complexity index is 446. The van der Waals surface area contributed by atoms with Gasteiger partial charge in [-0.15, -0.1) is 0 Å². The number of carboxylic acid groups (broad SMARTS) is 1. The van der Waals surface area contributed by atoms with Crippen molar-refractivity contribution in [2.24, 2.45) is 5.92 Å². The van der Waals surface area contributed by atoms with Crippen molar-refractivity contribution in [3.63, 3.8) is 0 Å². The number of nitrogens with two attached hydrogens (primary N) is 1. The van der Waals surface area contributed by atoms with Crippen LogP contribution in [-0.2, 0) is 4.79 Å². The predicted molar refractivity (Wildman–Crippen MR) is 70.9 cm³/mol. The lowest BCUT2D eigenvalue weighted by atomic mass is 9.94. The highest BCUT2D eigenvalue weighted by molar-refractivity contribution is 5.95. The van der Waals surface area contributed by atoms with Crippen molar-refractivity contribution in [2.45, 2.75) is 39.0 Å². The summed E-state index contributed by atoms with van der Waals surface area (Å²) in [5, 5.41) is 18.1. The van der Waals surface area contributed by atoms with Crippen LogP contribution >= 0.6 is 0 Å². The molecule has 0 aromatic carbocycles. The molecule has 1 aromatic rings. The third-order valence-electron chi connectivity index (χ3n) is 3.03. The molecule has 1 atom stereocenters. The molecule has 112 valence electrons. The molecular formula is C12H20N4O4. The second-order valence-electron chi connectivity index (χ2n) is 4.63. The summed E-state index contributed by atoms with van der Waals surface area (Å²) in [7, 11) is 0. The van der Waals surface area contributed by atoms with E-state index in [0.29, 0.717) is 13.0 Å². The summed E-state index contributed by atoms with van der Waals surface area (Å²) in [4.78, 5) is 22.3. The Morgan fingerprint density at radius 1 is 1.35 bits per heavy atom. The lowest BCUT2D eigenvalue weighted by Crippen LogP contribution is -2.27. The molecule has 8 heteroatoms. The van der Waals surface area contributed by atoms with E-state index in [9.17, 15) is 9.59 Å². The molecule has 0 saturated carbocycles. The standard InChI is InChI=1S/C12H20N4O4/c1-2-3-8(4-5-9(17)18)6-7-14-12(19)10-11(13)16-20-15-10/h8H,2-7H2,1H3,(H2,13,16)(H,14,19)(H,17,18). The lowest BCUT2D eigenvalue weighted by molar-refractivity contribution is -0.137. The first-order valence-corrected chi connectivity index (χ1v) is 6.62. The predicted octanol–water partition coefficient (Wildman–Crippen LogP) is 1.05. The van der Waals surface area contributed by atoms with Gasteiger partial charge in [0.05, 0.1) is 0 Å². The molecule has 20 heavy (non-hydrogen) atoms. The van der Waals surface area contributed by atoms with Gasteiger partial charge in [0, 0.05) is 13.0 Å². The second-order valence-corrected chi connectivity index (χ2v) is 4.63. The molecule has 1 aromatic heterocycles. The van der Waals surface area contributed by atoms with Crippen LogP contribution in [0.5, 0.6) is 0 Å². The molecule has 0 spiro atoms. The van der Waals surface area contributed by atoms with E-state index in [4.69, 9.17) is 10.8 Å². The summed E-state index contributed by atoms with van der Waals surface area (Å²) in [6.45, 7) is 2.49. The van der Waals surface area contributed by atoms with Crippen LogP contribution in [0.4, 0.5) is 5.82 Å². The third kappa shape index (κ3) is 5.25. The highest BCUT2D eigenvalue weighted by Crippen LogP contribution is 2.17. The summed E-state index contributed by atoms with van der Waals surface area (Å²) in [6.07, 6.45) is 3.42. The number of anilines is 1. The summed E-state index contributed by atoms with van der Waals surface area (Å²) in [6, 6.07) is 0. The molecule has 0 aliphatic carbocycles. The number of aliphatic carboxylic acids is 1. The van der Waals surface area contributed by atoms with Crippen molar-refractivity contribution in [3.8, 4) is 0 Å². The van der Waals surface area contributed by atoms with Gasteiger partial charge in [-0.1, -0.05) is 19.8 Å². The number of carboxylic acids is 1. The molecular weight excluding hydrogens is 264 g/mol. The van der Waals surface area contributed by atoms with Crippen LogP contribution in [0.2, 0.25) is 0 Å². The number of carbonyl (C=O) groups excluding carboxylic acids is 1. The Hall–Kier alpha value is -2.12. The van der Waals surface area contributed by atoms with Gasteiger partial charge in [-0.05, 0) is 29.1 Å². The minimum Gasteiger partial charge on any atom is -0.481 e. The maximum Gasteiger partial charge on any atom is 0.303 e. The maximum atomic E-state index is 11.7. The quantitative estimate of drug-likeness (QED) is 0.617. The largest absolute Gasteiger partial charge is 0.481 e. The zero-order valence-electron chi connectivity index (χ0n) is 11.5. The van der Waals surface area contributed by atoms with Crippen LogP contribution in [0, 0.1) is 5.92 Å². The monoisotopic (exact) mass is 284 g/mol. The van der Waals surface area contributed by atoms with Gasteiger partial charge in [0.15, 0.2) is 0 Å². The number of carbonyl (C=O) groups is 2. The summed E-state index contributed by atoms with van der Waals surface area (Å²) in [5.41, 5.74) is 5.38. The Kier molecular flexibility index (Phi) is 6.48. The second kappa shape index (κ2) is 8.13. The van der Waals surface area contributed by atoms with Gasteiger partial charge < -0.3 is 16.2 Å². The maximum absolute atomic E-state index is 11.7. The van der Waals surface area contributed by atoms with E-state index in [1.165, 1.54) is 0 Å². The molecule has 0 aliphatic rings. The van der Waals surface area contributed by atoms with E-state index < -0.39 is 11.9 Å². The van der Waals surface area contributed by atoms with Gasteiger partial charge in [-0.2, -0.15) is 0 Å². The number of nitrogen functional groups attached to an aromatic ring is 1. The van der Waals surface area contributed by atoms with Gasteiger partial charge in [0.2, 0.25) is 11.5 Å². The van der Waals surface area contributed by atoms with Gasteiger partial charge in [0.25, 0.3) is 5.91 Å². The van der Waals surface area contributed by atoms with Gasteiger partial charge in [-0.3, -0.25) is 9.59 Å². The molecule has 0 radical (unpaired) electrons. The summed E-state index contributed by atoms with van der Waals surface area (Å²) in [5.74, 6) is -0.989. The van der Waals surface area contributed by atoms with Gasteiger partial charge >= 0.3 is 5.97 Å². The minimum absolute atomic E-state index is 0.0254. The van der Waals surface area contributed by atoms with Crippen molar-refractivity contribution in [1.29, 1.82) is 0 Å². The third-order valence-corrected chi connectivity index (χ3v) is 3.03. The Labute approximate surface area is 116 Å². The van der Waals surface area contributed by atoms with Crippen LogP contribution in [0.25, 0.3) is 0 Å². The first-order chi connectivity index (χ1) is 9.54. The van der Waals surface area contributed by atoms with Crippen LogP contribution in [-0.4, -0.2) is 33.8 Å². The first kappa shape index (κ1) is 15.9. The van der Waals surface area contributed by atoms with Crippen molar-refractivity contribution >= 4 is 17.7 Å². The molecule has 1 rings (SSSR count). The van der Waals surface area contributed by atoms with Crippen molar-refractivity contribution in [2.75, 3.05) is 12.3 Å². The number of rotatable bonds is 9. The average molecular weight is 284 g/mol. The SMILES string of the molecule is CCCC(CCNC(=O)c1nonc1N)CCC(=O)O. The number of amides is 1. The zero-order valence-corrected chi connectivity index (χ0v) is 11.5. The van der Waals surface area contributed by atoms with Crippen molar-refractivity contribution in [3.05, 3.63) is 5.69 Å². The van der Waals surface area contributed by atoms with Gasteiger partial charge in [0.1, 0.15) is 0 Å². The first-order valence-electron chi connectivity index (χ1n) is 6.62. The molecule has 0 saturated heterocycles. The number of aromatic nitrogens is 2. The smallest absolute Gasteiger partial charge is 0.303 e. The Balaban J connectivity index is 2.34. The van der Waals surface area contributed by atoms with Crippen LogP contribution in [0.3, 0.4) is 0 Å².